The molecule has 3 aromatic carbocycles. The summed E-state index contributed by atoms with van der Waals surface area (Å²) in [6.07, 6.45) is 1.98. The number of carbonyl (C=O) groups excluding carboxylic acids is 1. The Balaban J connectivity index is 1.17. The third-order valence-electron chi connectivity index (χ3n) is 6.99. The zero-order valence-corrected chi connectivity index (χ0v) is 25.2. The van der Waals surface area contributed by atoms with Gasteiger partial charge in [-0.05, 0) is 54.2 Å². The van der Waals surface area contributed by atoms with Crippen LogP contribution in [0.5, 0.6) is 0 Å². The van der Waals surface area contributed by atoms with Crippen molar-refractivity contribution >= 4 is 35.1 Å². The summed E-state index contributed by atoms with van der Waals surface area (Å²) in [4.78, 5) is 16.5. The van der Waals surface area contributed by atoms with Gasteiger partial charge in [0.15, 0.2) is 6.29 Å². The van der Waals surface area contributed by atoms with Crippen LogP contribution in [0.25, 0.3) is 0 Å². The minimum absolute atomic E-state index is 0.0108. The summed E-state index contributed by atoms with van der Waals surface area (Å²) in [5.41, 5.74) is -4.91. The van der Waals surface area contributed by atoms with Gasteiger partial charge in [-0.3, -0.25) is 4.79 Å². The Morgan fingerprint density at radius 2 is 1.76 bits per heavy atom. The predicted molar refractivity (Wildman–Crippen MR) is 159 cm³/mol. The highest BCUT2D eigenvalue weighted by Crippen LogP contribution is 2.40. The van der Waals surface area contributed by atoms with Gasteiger partial charge in [0.2, 0.25) is 0 Å². The molecule has 1 aromatic heterocycles. The SMILES string of the molecule is C[C@@H](S[C@H]1CO[C@H](c2ccc(C(=O)Nc3ccc(SC(F)(F)F)cc3)cc2)OC1)[C@](O)(Cn1cncn1)c1ccc(F)cc1F. The molecule has 1 aliphatic heterocycles. The number of ether oxygens (including phenoxy) is 2. The molecule has 15 heteroatoms. The minimum Gasteiger partial charge on any atom is -0.382 e. The standard InChI is InChI=1S/C30H27F5N4O4S2/c1-18(29(41,15-39-17-36-16-37-39)25-11-6-21(31)12-26(25)32)44-24-13-42-28(43-14-24)20-4-2-19(3-5-20)27(40)38-22-7-9-23(10-8-22)45-30(33,34)35/h2-12,16-18,24,28,41H,13-15H2,1H3,(H,38,40)/t18-,24-,28-,29-/m1/s1. The van der Waals surface area contributed by atoms with Crippen molar-refractivity contribution in [3.8, 4) is 0 Å². The predicted octanol–water partition coefficient (Wildman–Crippen LogP) is 6.54. The van der Waals surface area contributed by atoms with Gasteiger partial charge in [0.05, 0.1) is 25.0 Å². The molecule has 2 atom stereocenters. The molecule has 2 N–H and O–H groups in total. The van der Waals surface area contributed by atoms with Crippen molar-refractivity contribution in [2.24, 2.45) is 0 Å². The summed E-state index contributed by atoms with van der Waals surface area (Å²) in [7, 11) is 0. The molecule has 4 aromatic rings. The Morgan fingerprint density at radius 1 is 1.07 bits per heavy atom. The van der Waals surface area contributed by atoms with Gasteiger partial charge >= 0.3 is 5.51 Å². The third-order valence-corrected chi connectivity index (χ3v) is 9.19. The van der Waals surface area contributed by atoms with Crippen LogP contribution in [0, 0.1) is 11.6 Å². The Morgan fingerprint density at radius 3 is 2.36 bits per heavy atom. The number of aromatic nitrogens is 3. The molecular weight excluding hydrogens is 639 g/mol. The molecule has 1 fully saturated rings. The summed E-state index contributed by atoms with van der Waals surface area (Å²) in [6.45, 7) is 2.10. The molecule has 0 radical (unpaired) electrons. The van der Waals surface area contributed by atoms with Gasteiger partial charge in [0.1, 0.15) is 29.9 Å². The highest BCUT2D eigenvalue weighted by atomic mass is 32.2. The Bertz CT molecular complexity index is 1590. The Kier molecular flexibility index (Phi) is 10.1. The number of hydrogen-bond donors (Lipinski definition) is 2. The van der Waals surface area contributed by atoms with E-state index in [4.69, 9.17) is 9.47 Å². The van der Waals surface area contributed by atoms with E-state index >= 15 is 0 Å². The molecule has 238 valence electrons. The lowest BCUT2D eigenvalue weighted by molar-refractivity contribution is -0.180. The Labute approximate surface area is 263 Å². The average molecular weight is 667 g/mol. The first kappa shape index (κ1) is 32.9. The molecule has 1 saturated heterocycles. The number of alkyl halides is 3. The van der Waals surface area contributed by atoms with Gasteiger partial charge in [0.25, 0.3) is 5.91 Å². The number of aliphatic hydroxyl groups is 1. The third kappa shape index (κ3) is 8.41. The molecule has 0 bridgehead atoms. The quantitative estimate of drug-likeness (QED) is 0.145. The first-order valence-electron chi connectivity index (χ1n) is 13.6. The van der Waals surface area contributed by atoms with Crippen molar-refractivity contribution in [1.82, 2.24) is 14.8 Å². The second-order valence-corrected chi connectivity index (χ2v) is 13.0. The summed E-state index contributed by atoms with van der Waals surface area (Å²) in [6, 6.07) is 14.9. The topological polar surface area (TPSA) is 98.5 Å². The molecule has 0 spiro atoms. The Hall–Kier alpha value is -3.50. The van der Waals surface area contributed by atoms with Crippen molar-refractivity contribution < 1.29 is 41.3 Å². The highest BCUT2D eigenvalue weighted by molar-refractivity contribution is 8.00. The molecule has 1 amide bonds. The van der Waals surface area contributed by atoms with Crippen LogP contribution < -0.4 is 5.32 Å². The lowest BCUT2D eigenvalue weighted by Gasteiger charge is -2.37. The van der Waals surface area contributed by atoms with E-state index in [1.165, 1.54) is 59.4 Å². The largest absolute Gasteiger partial charge is 0.446 e. The van der Waals surface area contributed by atoms with Gasteiger partial charge < -0.3 is 19.9 Å². The van der Waals surface area contributed by atoms with Gasteiger partial charge in [-0.2, -0.15) is 18.3 Å². The second kappa shape index (κ2) is 13.9. The fourth-order valence-corrected chi connectivity index (χ4v) is 6.59. The van der Waals surface area contributed by atoms with Crippen molar-refractivity contribution in [3.63, 3.8) is 0 Å². The number of amides is 1. The van der Waals surface area contributed by atoms with Gasteiger partial charge in [-0.15, -0.1) is 11.8 Å². The highest BCUT2D eigenvalue weighted by Gasteiger charge is 2.41. The molecule has 0 aliphatic carbocycles. The number of nitrogens with zero attached hydrogens (tertiary/aromatic N) is 3. The zero-order chi connectivity index (χ0) is 32.2. The molecule has 0 saturated carbocycles. The van der Waals surface area contributed by atoms with E-state index in [2.05, 4.69) is 15.4 Å². The number of hydrogen-bond acceptors (Lipinski definition) is 8. The number of thioether (sulfide) groups is 2. The fourth-order valence-electron chi connectivity index (χ4n) is 4.73. The van der Waals surface area contributed by atoms with E-state index in [1.807, 2.05) is 0 Å². The van der Waals surface area contributed by atoms with Gasteiger partial charge in [-0.25, -0.2) is 18.4 Å². The number of benzene rings is 3. The minimum atomic E-state index is -4.40. The molecule has 1 aliphatic rings. The van der Waals surface area contributed by atoms with Crippen LogP contribution in [0.3, 0.4) is 0 Å². The van der Waals surface area contributed by atoms with Crippen LogP contribution in [0.2, 0.25) is 0 Å². The smallest absolute Gasteiger partial charge is 0.382 e. The lowest BCUT2D eigenvalue weighted by Crippen LogP contribution is -2.43. The molecule has 45 heavy (non-hydrogen) atoms. The maximum absolute atomic E-state index is 14.8. The number of anilines is 1. The van der Waals surface area contributed by atoms with E-state index in [-0.39, 0.29) is 47.2 Å². The summed E-state index contributed by atoms with van der Waals surface area (Å²) in [5.74, 6) is -2.08. The maximum atomic E-state index is 14.8. The molecular formula is C30H27F5N4O4S2. The van der Waals surface area contributed by atoms with Gasteiger partial charge in [-0.1, -0.05) is 25.1 Å². The van der Waals surface area contributed by atoms with E-state index in [1.54, 1.807) is 31.2 Å². The van der Waals surface area contributed by atoms with Crippen LogP contribution in [0.4, 0.5) is 27.6 Å². The number of nitrogens with one attached hydrogen (secondary N) is 1. The van der Waals surface area contributed by atoms with E-state index < -0.39 is 40.2 Å². The number of halogens is 5. The first-order valence-corrected chi connectivity index (χ1v) is 15.3. The van der Waals surface area contributed by atoms with Crippen LogP contribution >= 0.6 is 23.5 Å². The molecule has 2 heterocycles. The molecule has 0 unspecified atom stereocenters. The van der Waals surface area contributed by atoms with Crippen molar-refractivity contribution in [2.75, 3.05) is 18.5 Å². The summed E-state index contributed by atoms with van der Waals surface area (Å²) in [5, 5.41) is 17.6. The number of rotatable bonds is 10. The van der Waals surface area contributed by atoms with E-state index in [0.717, 1.165) is 12.1 Å². The van der Waals surface area contributed by atoms with Crippen LogP contribution in [-0.4, -0.2) is 55.0 Å². The fraction of sp³-hybridized carbons (Fsp3) is 0.300. The normalized spacial score (nSPS) is 19.1. The number of carbonyl (C=O) groups is 1. The molecule has 8 nitrogen and oxygen atoms in total. The van der Waals surface area contributed by atoms with Crippen LogP contribution in [0.15, 0.2) is 84.3 Å². The van der Waals surface area contributed by atoms with Crippen molar-refractivity contribution in [2.45, 2.75) is 46.3 Å². The van der Waals surface area contributed by atoms with E-state index in [0.29, 0.717) is 16.8 Å². The second-order valence-electron chi connectivity index (χ2n) is 10.2. The first-order chi connectivity index (χ1) is 21.4. The summed E-state index contributed by atoms with van der Waals surface area (Å²) >= 11 is 1.10. The van der Waals surface area contributed by atoms with Gasteiger partial charge in [0, 0.05) is 38.6 Å². The lowest BCUT2D eigenvalue weighted by atomic mass is 9.90. The summed E-state index contributed by atoms with van der Waals surface area (Å²) < 4.78 is 79.3. The maximum Gasteiger partial charge on any atom is 0.446 e. The van der Waals surface area contributed by atoms with Crippen LogP contribution in [-0.2, 0) is 21.6 Å². The zero-order valence-electron chi connectivity index (χ0n) is 23.6. The van der Waals surface area contributed by atoms with Crippen molar-refractivity contribution in [3.05, 3.63) is 108 Å². The molecule has 5 rings (SSSR count). The monoisotopic (exact) mass is 666 g/mol. The van der Waals surface area contributed by atoms with E-state index in [9.17, 15) is 31.9 Å². The van der Waals surface area contributed by atoms with Crippen LogP contribution in [0.1, 0.15) is 34.7 Å². The average Bonchev–Trinajstić information content (AvgIpc) is 3.50. The van der Waals surface area contributed by atoms with Crippen molar-refractivity contribution in [1.29, 1.82) is 0 Å².